The standard InChI is InChI=1S/C17H21N3O4/c1-9-7-13(14-10(2)20-24-16(14)19-9)15(21)18-8-11-3-5-12(6-4-11)17(22)23/h7,11-12H,3-6,8H2,1-2H3,(H,18,21)(H,22,23). The number of hydrogen-bond donors (Lipinski definition) is 2. The number of hydrogen-bond acceptors (Lipinski definition) is 5. The first-order valence-electron chi connectivity index (χ1n) is 8.20. The molecular formula is C17H21N3O4. The van der Waals surface area contributed by atoms with E-state index in [0.29, 0.717) is 53.4 Å². The van der Waals surface area contributed by atoms with Gasteiger partial charge in [-0.25, -0.2) is 4.98 Å². The molecule has 128 valence electrons. The van der Waals surface area contributed by atoms with Crippen LogP contribution >= 0.6 is 0 Å². The summed E-state index contributed by atoms with van der Waals surface area (Å²) in [6.45, 7) is 4.15. The Morgan fingerprint density at radius 1 is 1.29 bits per heavy atom. The van der Waals surface area contributed by atoms with Gasteiger partial charge in [-0.05, 0) is 51.5 Å². The lowest BCUT2D eigenvalue weighted by Gasteiger charge is -2.26. The second kappa shape index (κ2) is 6.59. The maximum atomic E-state index is 12.6. The second-order valence-electron chi connectivity index (χ2n) is 6.53. The highest BCUT2D eigenvalue weighted by Gasteiger charge is 2.26. The molecule has 0 spiro atoms. The van der Waals surface area contributed by atoms with E-state index in [1.165, 1.54) is 0 Å². The average Bonchev–Trinajstić information content (AvgIpc) is 2.93. The molecule has 24 heavy (non-hydrogen) atoms. The van der Waals surface area contributed by atoms with Crippen LogP contribution in [0, 0.1) is 25.7 Å². The lowest BCUT2D eigenvalue weighted by molar-refractivity contribution is -0.143. The van der Waals surface area contributed by atoms with Crippen LogP contribution in [0.25, 0.3) is 11.1 Å². The molecule has 0 aromatic carbocycles. The van der Waals surface area contributed by atoms with E-state index in [1.807, 2.05) is 0 Å². The van der Waals surface area contributed by atoms with E-state index in [1.54, 1.807) is 19.9 Å². The van der Waals surface area contributed by atoms with Crippen LogP contribution in [0.5, 0.6) is 0 Å². The number of aliphatic carboxylic acids is 1. The van der Waals surface area contributed by atoms with Crippen LogP contribution in [0.15, 0.2) is 10.6 Å². The second-order valence-corrected chi connectivity index (χ2v) is 6.53. The number of carbonyl (C=O) groups is 2. The highest BCUT2D eigenvalue weighted by Crippen LogP contribution is 2.28. The van der Waals surface area contributed by atoms with Gasteiger partial charge in [-0.2, -0.15) is 0 Å². The van der Waals surface area contributed by atoms with Crippen molar-refractivity contribution in [1.29, 1.82) is 0 Å². The summed E-state index contributed by atoms with van der Waals surface area (Å²) in [5.74, 6) is -0.794. The van der Waals surface area contributed by atoms with E-state index < -0.39 is 5.97 Å². The minimum Gasteiger partial charge on any atom is -0.481 e. The minimum atomic E-state index is -0.713. The molecule has 1 aliphatic carbocycles. The Morgan fingerprint density at radius 3 is 2.67 bits per heavy atom. The normalized spacial score (nSPS) is 20.9. The molecular weight excluding hydrogens is 310 g/mol. The van der Waals surface area contributed by atoms with Crippen LogP contribution < -0.4 is 5.32 Å². The molecule has 0 unspecified atom stereocenters. The Hall–Kier alpha value is -2.44. The summed E-state index contributed by atoms with van der Waals surface area (Å²) < 4.78 is 5.15. The van der Waals surface area contributed by atoms with Crippen molar-refractivity contribution in [2.24, 2.45) is 11.8 Å². The smallest absolute Gasteiger partial charge is 0.306 e. The topological polar surface area (TPSA) is 105 Å². The Balaban J connectivity index is 1.66. The number of carboxylic acid groups (broad SMARTS) is 1. The SMILES string of the molecule is Cc1cc(C(=O)NCC2CCC(C(=O)O)CC2)c2c(C)noc2n1. The molecule has 0 aliphatic heterocycles. The van der Waals surface area contributed by atoms with Crippen LogP contribution in [0.3, 0.4) is 0 Å². The Labute approximate surface area is 139 Å². The first-order valence-corrected chi connectivity index (χ1v) is 8.20. The van der Waals surface area contributed by atoms with Gasteiger partial charge in [0.15, 0.2) is 0 Å². The van der Waals surface area contributed by atoms with Crippen LogP contribution in [0.4, 0.5) is 0 Å². The number of carbonyl (C=O) groups excluding carboxylic acids is 1. The van der Waals surface area contributed by atoms with Gasteiger partial charge in [0.05, 0.1) is 22.6 Å². The lowest BCUT2D eigenvalue weighted by atomic mass is 9.82. The van der Waals surface area contributed by atoms with Crippen molar-refractivity contribution in [3.63, 3.8) is 0 Å². The monoisotopic (exact) mass is 331 g/mol. The fourth-order valence-corrected chi connectivity index (χ4v) is 3.34. The van der Waals surface area contributed by atoms with Crippen LogP contribution in [-0.2, 0) is 4.79 Å². The van der Waals surface area contributed by atoms with Crippen molar-refractivity contribution in [2.75, 3.05) is 6.54 Å². The van der Waals surface area contributed by atoms with E-state index in [0.717, 1.165) is 12.8 Å². The number of nitrogens with one attached hydrogen (secondary N) is 1. The van der Waals surface area contributed by atoms with Gasteiger partial charge in [0.25, 0.3) is 11.6 Å². The fourth-order valence-electron chi connectivity index (χ4n) is 3.34. The van der Waals surface area contributed by atoms with E-state index >= 15 is 0 Å². The molecule has 3 rings (SSSR count). The number of carboxylic acids is 1. The molecule has 2 aromatic rings. The predicted octanol–water partition coefficient (Wildman–Crippen LogP) is 2.46. The number of aromatic nitrogens is 2. The molecule has 1 aliphatic rings. The zero-order valence-corrected chi connectivity index (χ0v) is 13.8. The van der Waals surface area contributed by atoms with Crippen molar-refractivity contribution in [2.45, 2.75) is 39.5 Å². The predicted molar refractivity (Wildman–Crippen MR) is 86.7 cm³/mol. The first kappa shape index (κ1) is 16.4. The third-order valence-electron chi connectivity index (χ3n) is 4.74. The maximum absolute atomic E-state index is 12.6. The van der Waals surface area contributed by atoms with Crippen LogP contribution in [0.2, 0.25) is 0 Å². The molecule has 1 fully saturated rings. The summed E-state index contributed by atoms with van der Waals surface area (Å²) in [7, 11) is 0. The van der Waals surface area contributed by atoms with E-state index in [4.69, 9.17) is 9.63 Å². The Kier molecular flexibility index (Phi) is 4.51. The van der Waals surface area contributed by atoms with Gasteiger partial charge in [0, 0.05) is 12.2 Å². The molecule has 2 N–H and O–H groups in total. The summed E-state index contributed by atoms with van der Waals surface area (Å²) in [4.78, 5) is 27.8. The van der Waals surface area contributed by atoms with Crippen molar-refractivity contribution in [3.05, 3.63) is 23.0 Å². The van der Waals surface area contributed by atoms with E-state index in [2.05, 4.69) is 15.5 Å². The number of nitrogens with zero attached hydrogens (tertiary/aromatic N) is 2. The molecule has 1 amide bonds. The zero-order valence-electron chi connectivity index (χ0n) is 13.8. The summed E-state index contributed by atoms with van der Waals surface area (Å²) in [6, 6.07) is 1.74. The highest BCUT2D eigenvalue weighted by atomic mass is 16.5. The summed E-state index contributed by atoms with van der Waals surface area (Å²) in [6.07, 6.45) is 3.02. The minimum absolute atomic E-state index is 0.169. The summed E-state index contributed by atoms with van der Waals surface area (Å²) >= 11 is 0. The molecule has 1 saturated carbocycles. The molecule has 2 heterocycles. The van der Waals surface area contributed by atoms with Gasteiger partial charge >= 0.3 is 5.97 Å². The van der Waals surface area contributed by atoms with Crippen molar-refractivity contribution < 1.29 is 19.2 Å². The van der Waals surface area contributed by atoms with Crippen LogP contribution in [0.1, 0.15) is 47.4 Å². The molecule has 7 nitrogen and oxygen atoms in total. The summed E-state index contributed by atoms with van der Waals surface area (Å²) in [5, 5.41) is 16.5. The van der Waals surface area contributed by atoms with Gasteiger partial charge in [-0.3, -0.25) is 9.59 Å². The number of amides is 1. The zero-order chi connectivity index (χ0) is 17.3. The average molecular weight is 331 g/mol. The highest BCUT2D eigenvalue weighted by molar-refractivity contribution is 6.06. The van der Waals surface area contributed by atoms with Gasteiger partial charge in [-0.1, -0.05) is 5.16 Å². The Morgan fingerprint density at radius 2 is 2.00 bits per heavy atom. The van der Waals surface area contributed by atoms with E-state index in [9.17, 15) is 9.59 Å². The van der Waals surface area contributed by atoms with E-state index in [-0.39, 0.29) is 11.8 Å². The first-order chi connectivity index (χ1) is 11.5. The largest absolute Gasteiger partial charge is 0.481 e. The number of pyridine rings is 1. The van der Waals surface area contributed by atoms with Gasteiger partial charge in [0.2, 0.25) is 0 Å². The van der Waals surface area contributed by atoms with Crippen LogP contribution in [-0.4, -0.2) is 33.7 Å². The number of fused-ring (bicyclic) bond motifs is 1. The quantitative estimate of drug-likeness (QED) is 0.891. The lowest BCUT2D eigenvalue weighted by Crippen LogP contribution is -2.32. The number of rotatable bonds is 4. The third-order valence-corrected chi connectivity index (χ3v) is 4.74. The molecule has 2 aromatic heterocycles. The van der Waals surface area contributed by atoms with Crippen molar-refractivity contribution in [1.82, 2.24) is 15.5 Å². The summed E-state index contributed by atoms with van der Waals surface area (Å²) in [5.41, 5.74) is 2.24. The van der Waals surface area contributed by atoms with Gasteiger partial charge in [0.1, 0.15) is 0 Å². The van der Waals surface area contributed by atoms with Gasteiger partial charge in [-0.15, -0.1) is 0 Å². The Bertz CT molecular complexity index is 775. The fraction of sp³-hybridized carbons (Fsp3) is 0.529. The maximum Gasteiger partial charge on any atom is 0.306 e. The number of aryl methyl sites for hydroxylation is 2. The van der Waals surface area contributed by atoms with Gasteiger partial charge < -0.3 is 14.9 Å². The molecule has 0 atom stereocenters. The molecule has 0 saturated heterocycles. The van der Waals surface area contributed by atoms with Crippen molar-refractivity contribution in [3.8, 4) is 0 Å². The molecule has 0 radical (unpaired) electrons. The third kappa shape index (κ3) is 3.25. The molecule has 7 heteroatoms. The van der Waals surface area contributed by atoms with Crippen molar-refractivity contribution >= 4 is 23.0 Å². The molecule has 0 bridgehead atoms.